The smallest absolute Gasteiger partial charge is 0.416 e. The van der Waals surface area contributed by atoms with Gasteiger partial charge in [-0.1, -0.05) is 49.4 Å². The van der Waals surface area contributed by atoms with Crippen LogP contribution in [0.25, 0.3) is 16.8 Å². The molecule has 0 aliphatic carbocycles. The highest BCUT2D eigenvalue weighted by Crippen LogP contribution is 2.42. The average molecular weight is 453 g/mol. The summed E-state index contributed by atoms with van der Waals surface area (Å²) >= 11 is 0. The Bertz CT molecular complexity index is 1280. The first kappa shape index (κ1) is 22.5. The third kappa shape index (κ3) is 3.86. The van der Waals surface area contributed by atoms with E-state index in [2.05, 4.69) is 10.1 Å². The van der Waals surface area contributed by atoms with Crippen LogP contribution in [0.15, 0.2) is 73.1 Å². The fourth-order valence-electron chi connectivity index (χ4n) is 4.43. The summed E-state index contributed by atoms with van der Waals surface area (Å²) in [6.45, 7) is 3.61. The van der Waals surface area contributed by atoms with E-state index in [1.54, 1.807) is 13.0 Å². The van der Waals surface area contributed by atoms with Crippen LogP contribution in [0.1, 0.15) is 43.0 Å². The van der Waals surface area contributed by atoms with E-state index in [9.17, 15) is 23.1 Å². The highest BCUT2D eigenvalue weighted by molar-refractivity contribution is 5.83. The molecule has 8 heteroatoms. The summed E-state index contributed by atoms with van der Waals surface area (Å²) in [6, 6.07) is 15.8. The Morgan fingerprint density at radius 1 is 1.06 bits per heavy atom. The highest BCUT2D eigenvalue weighted by Gasteiger charge is 2.45. The van der Waals surface area contributed by atoms with E-state index >= 15 is 0 Å². The lowest BCUT2D eigenvalue weighted by Crippen LogP contribution is -2.40. The molecule has 4 aromatic rings. The Morgan fingerprint density at radius 3 is 2.30 bits per heavy atom. The van der Waals surface area contributed by atoms with Crippen LogP contribution < -0.4 is 0 Å². The van der Waals surface area contributed by atoms with Gasteiger partial charge in [0.15, 0.2) is 5.65 Å². The van der Waals surface area contributed by atoms with E-state index in [1.165, 1.54) is 29.0 Å². The van der Waals surface area contributed by atoms with Crippen molar-refractivity contribution >= 4 is 11.6 Å². The molecule has 0 saturated carbocycles. The predicted molar refractivity (Wildman–Crippen MR) is 118 cm³/mol. The maximum Gasteiger partial charge on any atom is 0.416 e. The van der Waals surface area contributed by atoms with E-state index in [1.807, 2.05) is 37.3 Å². The normalized spacial score (nSPS) is 14.7. The maximum atomic E-state index is 12.9. The Kier molecular flexibility index (Phi) is 5.69. The third-order valence-electron chi connectivity index (χ3n) is 6.21. The Labute approximate surface area is 188 Å². The predicted octanol–water partition coefficient (Wildman–Crippen LogP) is 5.95. The number of fused-ring (bicyclic) bond motifs is 1. The van der Waals surface area contributed by atoms with E-state index in [4.69, 9.17) is 0 Å². The first-order valence-corrected chi connectivity index (χ1v) is 10.5. The van der Waals surface area contributed by atoms with Crippen molar-refractivity contribution in [3.05, 3.63) is 89.9 Å². The highest BCUT2D eigenvalue weighted by atomic mass is 19.4. The van der Waals surface area contributed by atoms with Crippen molar-refractivity contribution in [1.29, 1.82) is 0 Å². The minimum absolute atomic E-state index is 0.347. The van der Waals surface area contributed by atoms with Crippen LogP contribution in [0.5, 0.6) is 0 Å². The molecule has 0 aliphatic heterocycles. The molecule has 33 heavy (non-hydrogen) atoms. The van der Waals surface area contributed by atoms with Gasteiger partial charge in [-0.15, -0.1) is 0 Å². The molecule has 1 unspecified atom stereocenters. The summed E-state index contributed by atoms with van der Waals surface area (Å²) in [7, 11) is 0. The molecular weight excluding hydrogens is 431 g/mol. The van der Waals surface area contributed by atoms with Crippen LogP contribution in [0.3, 0.4) is 0 Å². The fraction of sp³-hybridized carbons (Fsp3) is 0.240. The monoisotopic (exact) mass is 453 g/mol. The molecule has 0 amide bonds. The van der Waals surface area contributed by atoms with Crippen molar-refractivity contribution in [3.63, 3.8) is 0 Å². The molecule has 170 valence electrons. The molecule has 2 aromatic carbocycles. The number of hydrogen-bond acceptors (Lipinski definition) is 3. The van der Waals surface area contributed by atoms with Crippen LogP contribution in [-0.4, -0.2) is 25.7 Å². The summed E-state index contributed by atoms with van der Waals surface area (Å²) < 4.78 is 40.3. The first-order valence-electron chi connectivity index (χ1n) is 10.5. The largest absolute Gasteiger partial charge is 0.481 e. The van der Waals surface area contributed by atoms with E-state index in [0.29, 0.717) is 28.9 Å². The molecule has 2 aromatic heterocycles. The molecule has 5 nitrogen and oxygen atoms in total. The van der Waals surface area contributed by atoms with Crippen molar-refractivity contribution in [2.75, 3.05) is 0 Å². The van der Waals surface area contributed by atoms with Crippen molar-refractivity contribution in [3.8, 4) is 11.1 Å². The standard InChI is InChI=1S/C25H22F3N3O2/c1-3-20(17-7-5-4-6-8-17)24(2,23(32)33)21-13-14-29-22-19(15-30-31(21)22)16-9-11-18(12-10-16)25(26,27)28/h4-15,20H,3H2,1-2H3,(H,32,33)/t20?,24-/m1/s1. The quantitative estimate of drug-likeness (QED) is 0.392. The second-order valence-electron chi connectivity index (χ2n) is 8.08. The molecule has 0 radical (unpaired) electrons. The summed E-state index contributed by atoms with van der Waals surface area (Å²) in [5.41, 5.74) is 0.659. The zero-order chi connectivity index (χ0) is 23.8. The van der Waals surface area contributed by atoms with Crippen molar-refractivity contribution in [1.82, 2.24) is 14.6 Å². The minimum Gasteiger partial charge on any atom is -0.481 e. The number of rotatable bonds is 6. The SMILES string of the molecule is CCC(c1ccccc1)[C@@](C)(C(=O)O)c1ccnc2c(-c3ccc(C(F)(F)F)cc3)cnn12. The van der Waals surface area contributed by atoms with Gasteiger partial charge >= 0.3 is 12.1 Å². The number of halogens is 3. The summed E-state index contributed by atoms with van der Waals surface area (Å²) in [5.74, 6) is -1.35. The number of carboxylic acid groups (broad SMARTS) is 1. The van der Waals surface area contributed by atoms with E-state index < -0.39 is 23.1 Å². The van der Waals surface area contributed by atoms with Gasteiger partial charge in [-0.2, -0.15) is 18.3 Å². The number of nitrogens with zero attached hydrogens (tertiary/aromatic N) is 3. The number of aliphatic carboxylic acids is 1. The number of benzene rings is 2. The van der Waals surface area contributed by atoms with Crippen LogP contribution >= 0.6 is 0 Å². The third-order valence-corrected chi connectivity index (χ3v) is 6.21. The Hall–Kier alpha value is -3.68. The van der Waals surface area contributed by atoms with Gasteiger partial charge in [0.1, 0.15) is 5.41 Å². The molecule has 4 rings (SSSR count). The van der Waals surface area contributed by atoms with Crippen molar-refractivity contribution in [2.45, 2.75) is 37.8 Å². The maximum absolute atomic E-state index is 12.9. The lowest BCUT2D eigenvalue weighted by atomic mass is 9.69. The number of alkyl halides is 3. The lowest BCUT2D eigenvalue weighted by molar-refractivity contribution is -0.144. The molecule has 2 heterocycles. The van der Waals surface area contributed by atoms with Gasteiger partial charge in [0.25, 0.3) is 0 Å². The van der Waals surface area contributed by atoms with Gasteiger partial charge < -0.3 is 5.11 Å². The molecule has 1 N–H and O–H groups in total. The number of carbonyl (C=O) groups is 1. The second-order valence-corrected chi connectivity index (χ2v) is 8.08. The summed E-state index contributed by atoms with van der Waals surface area (Å²) in [6.07, 6.45) is -0.844. The van der Waals surface area contributed by atoms with Gasteiger partial charge in [0.2, 0.25) is 0 Å². The lowest BCUT2D eigenvalue weighted by Gasteiger charge is -2.34. The summed E-state index contributed by atoms with van der Waals surface area (Å²) in [4.78, 5) is 17.0. The van der Waals surface area contributed by atoms with Gasteiger partial charge in [0, 0.05) is 17.7 Å². The van der Waals surface area contributed by atoms with Crippen LogP contribution in [0, 0.1) is 0 Å². The summed E-state index contributed by atoms with van der Waals surface area (Å²) in [5, 5.41) is 14.8. The zero-order valence-electron chi connectivity index (χ0n) is 18.0. The fourth-order valence-corrected chi connectivity index (χ4v) is 4.43. The van der Waals surface area contributed by atoms with Crippen LogP contribution in [-0.2, 0) is 16.4 Å². The molecule has 0 spiro atoms. The Morgan fingerprint density at radius 2 is 1.73 bits per heavy atom. The van der Waals surface area contributed by atoms with Crippen molar-refractivity contribution in [2.24, 2.45) is 0 Å². The molecular formula is C25H22F3N3O2. The molecule has 0 aliphatic rings. The minimum atomic E-state index is -4.43. The molecule has 0 bridgehead atoms. The number of aromatic nitrogens is 3. The average Bonchev–Trinajstić information content (AvgIpc) is 3.24. The number of carboxylic acids is 1. The van der Waals surface area contributed by atoms with E-state index in [-0.39, 0.29) is 5.92 Å². The second kappa shape index (κ2) is 8.35. The van der Waals surface area contributed by atoms with E-state index in [0.717, 1.165) is 17.7 Å². The van der Waals surface area contributed by atoms with Gasteiger partial charge in [0.05, 0.1) is 17.5 Å². The molecule has 0 fully saturated rings. The Balaban J connectivity index is 1.86. The topological polar surface area (TPSA) is 67.5 Å². The van der Waals surface area contributed by atoms with Crippen LogP contribution in [0.4, 0.5) is 13.2 Å². The zero-order valence-corrected chi connectivity index (χ0v) is 18.0. The van der Waals surface area contributed by atoms with Gasteiger partial charge in [-0.05, 0) is 42.7 Å². The molecule has 2 atom stereocenters. The number of hydrogen-bond donors (Lipinski definition) is 1. The molecule has 0 saturated heterocycles. The van der Waals surface area contributed by atoms with Gasteiger partial charge in [-0.25, -0.2) is 9.50 Å². The first-order chi connectivity index (χ1) is 15.7. The van der Waals surface area contributed by atoms with Gasteiger partial charge in [-0.3, -0.25) is 4.79 Å². The van der Waals surface area contributed by atoms with Crippen molar-refractivity contribution < 1.29 is 23.1 Å². The van der Waals surface area contributed by atoms with Crippen LogP contribution in [0.2, 0.25) is 0 Å².